The quantitative estimate of drug-likeness (QED) is 0.727. The van der Waals surface area contributed by atoms with Crippen molar-refractivity contribution in [3.63, 3.8) is 0 Å². The van der Waals surface area contributed by atoms with Crippen molar-refractivity contribution in [2.45, 2.75) is 39.2 Å². The first kappa shape index (κ1) is 13.9. The lowest BCUT2D eigenvalue weighted by atomic mass is 9.82. The van der Waals surface area contributed by atoms with Crippen LogP contribution in [0.15, 0.2) is 24.3 Å². The fourth-order valence-corrected chi connectivity index (χ4v) is 2.49. The van der Waals surface area contributed by atoms with Crippen LogP contribution in [0.25, 0.3) is 0 Å². The fraction of sp³-hybridized carbons (Fsp3) is 0.533. The van der Waals surface area contributed by atoms with Crippen molar-refractivity contribution in [3.8, 4) is 0 Å². The molecule has 2 heteroatoms. The molecule has 0 radical (unpaired) electrons. The van der Waals surface area contributed by atoms with Crippen LogP contribution < -0.4 is 0 Å². The second-order valence-electron chi connectivity index (χ2n) is 4.78. The lowest BCUT2D eigenvalue weighted by molar-refractivity contribution is 0.0655. The number of aryl methyl sites for hydroxylation is 1. The van der Waals surface area contributed by atoms with Crippen LogP contribution in [0.1, 0.15) is 42.6 Å². The van der Waals surface area contributed by atoms with Gasteiger partial charge in [-0.2, -0.15) is 0 Å². The summed E-state index contributed by atoms with van der Waals surface area (Å²) in [7, 11) is 3.98. The third-order valence-electron chi connectivity index (χ3n) is 3.84. The van der Waals surface area contributed by atoms with Gasteiger partial charge in [0.2, 0.25) is 0 Å². The van der Waals surface area contributed by atoms with Gasteiger partial charge < -0.3 is 0 Å². The maximum atomic E-state index is 12.7. The topological polar surface area (TPSA) is 20.3 Å². The van der Waals surface area contributed by atoms with Gasteiger partial charge in [0.15, 0.2) is 5.78 Å². The molecule has 1 aromatic carbocycles. The normalized spacial score (nSPS) is 11.9. The van der Waals surface area contributed by atoms with Gasteiger partial charge >= 0.3 is 0 Å². The van der Waals surface area contributed by atoms with E-state index in [4.69, 9.17) is 0 Å². The summed E-state index contributed by atoms with van der Waals surface area (Å²) >= 11 is 0. The number of likely N-dealkylation sites (N-methyl/N-ethyl adjacent to an activating group) is 1. The molecule has 0 aromatic heterocycles. The molecular weight excluding hydrogens is 210 g/mol. The summed E-state index contributed by atoms with van der Waals surface area (Å²) in [4.78, 5) is 14.8. The van der Waals surface area contributed by atoms with Gasteiger partial charge in [-0.15, -0.1) is 0 Å². The summed E-state index contributed by atoms with van der Waals surface area (Å²) in [5.41, 5.74) is 1.54. The van der Waals surface area contributed by atoms with E-state index in [2.05, 4.69) is 18.7 Å². The number of hydrogen-bond acceptors (Lipinski definition) is 2. The van der Waals surface area contributed by atoms with Gasteiger partial charge in [0, 0.05) is 5.56 Å². The molecule has 0 saturated carbocycles. The maximum Gasteiger partial charge on any atom is 0.183 e. The van der Waals surface area contributed by atoms with E-state index in [1.165, 1.54) is 0 Å². The van der Waals surface area contributed by atoms with Crippen LogP contribution in [-0.2, 0) is 0 Å². The minimum atomic E-state index is -0.369. The Hall–Kier alpha value is -1.15. The van der Waals surface area contributed by atoms with E-state index in [9.17, 15) is 4.79 Å². The average molecular weight is 233 g/mol. The van der Waals surface area contributed by atoms with Gasteiger partial charge in [-0.3, -0.25) is 9.69 Å². The Kier molecular flexibility index (Phi) is 4.47. The molecule has 0 saturated heterocycles. The van der Waals surface area contributed by atoms with E-state index < -0.39 is 0 Å². The van der Waals surface area contributed by atoms with Crippen molar-refractivity contribution in [2.24, 2.45) is 0 Å². The molecule has 0 aliphatic rings. The molecule has 0 aliphatic heterocycles. The number of nitrogens with zero attached hydrogens (tertiary/aromatic N) is 1. The zero-order chi connectivity index (χ0) is 13.1. The second kappa shape index (κ2) is 5.46. The SMILES string of the molecule is CCC(CC)(C(=O)c1ccccc1C)N(C)C. The summed E-state index contributed by atoms with van der Waals surface area (Å²) < 4.78 is 0. The molecule has 0 bridgehead atoms. The van der Waals surface area contributed by atoms with Crippen molar-refractivity contribution in [3.05, 3.63) is 35.4 Å². The lowest BCUT2D eigenvalue weighted by Crippen LogP contribution is -2.50. The minimum Gasteiger partial charge on any atom is -0.297 e. The highest BCUT2D eigenvalue weighted by Gasteiger charge is 2.37. The number of Topliss-reactive ketones (excluding diaryl/α,β-unsaturated/α-hetero) is 1. The van der Waals surface area contributed by atoms with E-state index in [1.807, 2.05) is 45.3 Å². The van der Waals surface area contributed by atoms with Crippen molar-refractivity contribution in [1.82, 2.24) is 4.90 Å². The van der Waals surface area contributed by atoms with E-state index >= 15 is 0 Å². The Labute approximate surface area is 105 Å². The molecule has 0 fully saturated rings. The first-order valence-electron chi connectivity index (χ1n) is 6.27. The average Bonchev–Trinajstić information content (AvgIpc) is 2.31. The van der Waals surface area contributed by atoms with E-state index in [0.29, 0.717) is 0 Å². The first-order chi connectivity index (χ1) is 7.99. The van der Waals surface area contributed by atoms with Crippen molar-refractivity contribution < 1.29 is 4.79 Å². The summed E-state index contributed by atoms with van der Waals surface area (Å²) in [6.07, 6.45) is 1.67. The third-order valence-corrected chi connectivity index (χ3v) is 3.84. The monoisotopic (exact) mass is 233 g/mol. The fourth-order valence-electron chi connectivity index (χ4n) is 2.49. The van der Waals surface area contributed by atoms with Gasteiger partial charge in [0.05, 0.1) is 5.54 Å². The Morgan fingerprint density at radius 1 is 1.18 bits per heavy atom. The first-order valence-corrected chi connectivity index (χ1v) is 6.27. The molecule has 0 heterocycles. The van der Waals surface area contributed by atoms with E-state index in [-0.39, 0.29) is 11.3 Å². The molecule has 0 unspecified atom stereocenters. The van der Waals surface area contributed by atoms with E-state index in [1.54, 1.807) is 0 Å². The van der Waals surface area contributed by atoms with Crippen LogP contribution in [0.3, 0.4) is 0 Å². The Morgan fingerprint density at radius 3 is 2.12 bits per heavy atom. The van der Waals surface area contributed by atoms with Crippen LogP contribution in [-0.4, -0.2) is 30.3 Å². The number of ketones is 1. The van der Waals surface area contributed by atoms with E-state index in [0.717, 1.165) is 24.0 Å². The minimum absolute atomic E-state index is 0.241. The Bertz CT molecular complexity index is 392. The van der Waals surface area contributed by atoms with Crippen molar-refractivity contribution in [2.75, 3.05) is 14.1 Å². The standard InChI is InChI=1S/C15H23NO/c1-6-15(7-2,16(4)5)14(17)13-11-9-8-10-12(13)3/h8-11H,6-7H2,1-5H3. The van der Waals surface area contributed by atoms with Gasteiger partial charge in [-0.25, -0.2) is 0 Å². The third kappa shape index (κ3) is 2.42. The van der Waals surface area contributed by atoms with Gasteiger partial charge in [0.25, 0.3) is 0 Å². The highest BCUT2D eigenvalue weighted by molar-refractivity contribution is 6.04. The van der Waals surface area contributed by atoms with Crippen molar-refractivity contribution >= 4 is 5.78 Å². The summed E-state index contributed by atoms with van der Waals surface area (Å²) in [5, 5.41) is 0. The van der Waals surface area contributed by atoms with Gasteiger partial charge in [-0.05, 0) is 39.4 Å². The molecule has 1 aromatic rings. The molecular formula is C15H23NO. The number of rotatable bonds is 5. The second-order valence-corrected chi connectivity index (χ2v) is 4.78. The largest absolute Gasteiger partial charge is 0.297 e. The summed E-state index contributed by atoms with van der Waals surface area (Å²) in [6, 6.07) is 7.84. The molecule has 94 valence electrons. The predicted molar refractivity (Wildman–Crippen MR) is 72.5 cm³/mol. The lowest BCUT2D eigenvalue weighted by Gasteiger charge is -2.37. The number of carbonyl (C=O) groups is 1. The Balaban J connectivity index is 3.22. The maximum absolute atomic E-state index is 12.7. The zero-order valence-corrected chi connectivity index (χ0v) is 11.6. The highest BCUT2D eigenvalue weighted by Crippen LogP contribution is 2.27. The zero-order valence-electron chi connectivity index (χ0n) is 11.6. The van der Waals surface area contributed by atoms with Crippen LogP contribution in [0.2, 0.25) is 0 Å². The predicted octanol–water partition coefficient (Wildman–Crippen LogP) is 3.30. The molecule has 0 atom stereocenters. The van der Waals surface area contributed by atoms with Gasteiger partial charge in [0.1, 0.15) is 0 Å². The molecule has 0 N–H and O–H groups in total. The summed E-state index contributed by atoms with van der Waals surface area (Å²) in [6.45, 7) is 6.16. The number of benzene rings is 1. The van der Waals surface area contributed by atoms with Crippen LogP contribution in [0, 0.1) is 6.92 Å². The van der Waals surface area contributed by atoms with Crippen LogP contribution in [0.5, 0.6) is 0 Å². The molecule has 2 nitrogen and oxygen atoms in total. The number of hydrogen-bond donors (Lipinski definition) is 0. The smallest absolute Gasteiger partial charge is 0.183 e. The van der Waals surface area contributed by atoms with Gasteiger partial charge in [-0.1, -0.05) is 38.1 Å². The Morgan fingerprint density at radius 2 is 1.71 bits per heavy atom. The molecule has 17 heavy (non-hydrogen) atoms. The molecule has 0 spiro atoms. The molecule has 0 amide bonds. The summed E-state index contributed by atoms with van der Waals surface area (Å²) in [5.74, 6) is 0.241. The van der Waals surface area contributed by atoms with Crippen LogP contribution in [0.4, 0.5) is 0 Å². The molecule has 0 aliphatic carbocycles. The van der Waals surface area contributed by atoms with Crippen molar-refractivity contribution in [1.29, 1.82) is 0 Å². The van der Waals surface area contributed by atoms with Crippen LogP contribution >= 0.6 is 0 Å². The number of carbonyl (C=O) groups excluding carboxylic acids is 1. The highest BCUT2D eigenvalue weighted by atomic mass is 16.1. The molecule has 1 rings (SSSR count).